The highest BCUT2D eigenvalue weighted by atomic mass is 16.1. The predicted molar refractivity (Wildman–Crippen MR) is 90.3 cm³/mol. The first kappa shape index (κ1) is 15.3. The molecule has 0 bridgehead atoms. The summed E-state index contributed by atoms with van der Waals surface area (Å²) in [5.74, 6) is -0.529. The van der Waals surface area contributed by atoms with Gasteiger partial charge >= 0.3 is 0 Å². The first-order valence-electron chi connectivity index (χ1n) is 7.78. The van der Waals surface area contributed by atoms with Gasteiger partial charge in [0.25, 0.3) is 5.56 Å². The Kier molecular flexibility index (Phi) is 3.94. The van der Waals surface area contributed by atoms with Crippen LogP contribution in [0.25, 0.3) is 0 Å². The largest absolute Gasteiger partial charge is 0.369 e. The number of hydrogen-bond acceptors (Lipinski definition) is 3. The molecule has 0 fully saturated rings. The molecule has 23 heavy (non-hydrogen) atoms. The maximum atomic E-state index is 11.8. The highest BCUT2D eigenvalue weighted by Crippen LogP contribution is 2.38. The number of amides is 1. The van der Waals surface area contributed by atoms with E-state index in [1.807, 2.05) is 30.3 Å². The monoisotopic (exact) mass is 311 g/mol. The lowest BCUT2D eigenvalue weighted by molar-refractivity contribution is -0.119. The van der Waals surface area contributed by atoms with Gasteiger partial charge in [-0.25, -0.2) is 0 Å². The van der Waals surface area contributed by atoms with E-state index in [1.165, 1.54) is 0 Å². The highest BCUT2D eigenvalue weighted by molar-refractivity contribution is 5.85. The summed E-state index contributed by atoms with van der Waals surface area (Å²) in [6.07, 6.45) is 2.47. The van der Waals surface area contributed by atoms with Crippen molar-refractivity contribution in [3.8, 4) is 0 Å². The summed E-state index contributed by atoms with van der Waals surface area (Å²) in [5, 5.41) is 0. The van der Waals surface area contributed by atoms with E-state index in [9.17, 15) is 9.59 Å². The molecule has 120 valence electrons. The number of rotatable bonds is 3. The molecule has 0 radical (unpaired) electrons. The molecule has 1 aliphatic heterocycles. The number of nitrogens with zero attached hydrogens (tertiary/aromatic N) is 2. The van der Waals surface area contributed by atoms with Gasteiger partial charge in [0.2, 0.25) is 5.91 Å². The molecule has 5 heteroatoms. The van der Waals surface area contributed by atoms with Crippen LogP contribution in [0.15, 0.2) is 47.4 Å². The van der Waals surface area contributed by atoms with Gasteiger partial charge in [-0.3, -0.25) is 9.59 Å². The molecule has 1 amide bonds. The lowest BCUT2D eigenvalue weighted by atomic mass is 9.85. The number of aryl methyl sites for hydroxylation is 1. The van der Waals surface area contributed by atoms with Crippen LogP contribution in [0.4, 0.5) is 5.69 Å². The van der Waals surface area contributed by atoms with E-state index >= 15 is 0 Å². The zero-order valence-electron chi connectivity index (χ0n) is 13.4. The Morgan fingerprint density at radius 3 is 2.74 bits per heavy atom. The molecule has 0 aliphatic carbocycles. The van der Waals surface area contributed by atoms with Gasteiger partial charge in [-0.15, -0.1) is 0 Å². The molecule has 0 unspecified atom stereocenters. The average molecular weight is 311 g/mol. The number of primary amides is 1. The first-order valence-corrected chi connectivity index (χ1v) is 7.78. The van der Waals surface area contributed by atoms with E-state index in [0.29, 0.717) is 13.0 Å². The van der Waals surface area contributed by atoms with Crippen molar-refractivity contribution < 1.29 is 4.79 Å². The topological polar surface area (TPSA) is 68.3 Å². The number of fused-ring (bicyclic) bond motifs is 1. The van der Waals surface area contributed by atoms with E-state index in [2.05, 4.69) is 11.8 Å². The first-order chi connectivity index (χ1) is 11.0. The third-order valence-corrected chi connectivity index (χ3v) is 4.60. The molecular weight excluding hydrogens is 290 g/mol. The Bertz CT molecular complexity index is 797. The summed E-state index contributed by atoms with van der Waals surface area (Å²) in [6, 6.07) is 11.7. The van der Waals surface area contributed by atoms with Crippen molar-refractivity contribution in [2.45, 2.75) is 31.8 Å². The fourth-order valence-corrected chi connectivity index (χ4v) is 3.27. The summed E-state index contributed by atoms with van der Waals surface area (Å²) < 4.78 is 1.56. The quantitative estimate of drug-likeness (QED) is 0.939. The lowest BCUT2D eigenvalue weighted by Crippen LogP contribution is -2.41. The Morgan fingerprint density at radius 1 is 1.30 bits per heavy atom. The molecule has 0 saturated carbocycles. The Labute approximate surface area is 135 Å². The van der Waals surface area contributed by atoms with Crippen molar-refractivity contribution in [3.05, 3.63) is 64.1 Å². The third-order valence-electron chi connectivity index (χ3n) is 4.60. The molecule has 2 atom stereocenters. The van der Waals surface area contributed by atoms with Crippen molar-refractivity contribution in [2.75, 3.05) is 4.90 Å². The highest BCUT2D eigenvalue weighted by Gasteiger charge is 2.32. The van der Waals surface area contributed by atoms with Gasteiger partial charge in [0.1, 0.15) is 0 Å². The molecule has 0 spiro atoms. The van der Waals surface area contributed by atoms with E-state index in [-0.39, 0.29) is 23.4 Å². The number of hydrogen-bond donors (Lipinski definition) is 1. The van der Waals surface area contributed by atoms with Crippen molar-refractivity contribution in [1.29, 1.82) is 0 Å². The molecule has 1 aromatic heterocycles. The van der Waals surface area contributed by atoms with Crippen LogP contribution in [0.5, 0.6) is 0 Å². The van der Waals surface area contributed by atoms with E-state index < -0.39 is 0 Å². The smallest absolute Gasteiger partial charge is 0.250 e. The van der Waals surface area contributed by atoms with E-state index in [0.717, 1.165) is 16.8 Å². The SMILES string of the molecule is C[C@@H]1C[C@H](C(N)=O)c2ccccc2N1Cc1ccn(C)c(=O)c1. The van der Waals surface area contributed by atoms with Crippen LogP contribution in [0.3, 0.4) is 0 Å². The van der Waals surface area contributed by atoms with E-state index in [4.69, 9.17) is 5.73 Å². The Balaban J connectivity index is 1.98. The second-order valence-electron chi connectivity index (χ2n) is 6.21. The standard InChI is InChI=1S/C18H21N3O2/c1-12-9-15(18(19)23)14-5-3-4-6-16(14)21(12)11-13-7-8-20(2)17(22)10-13/h3-8,10,12,15H,9,11H2,1-2H3,(H2,19,23)/t12-,15+/m1/s1. The number of nitrogens with two attached hydrogens (primary N) is 1. The fraction of sp³-hybridized carbons (Fsp3) is 0.333. The molecule has 1 aromatic carbocycles. The molecular formula is C18H21N3O2. The molecule has 2 N–H and O–H groups in total. The predicted octanol–water partition coefficient (Wildman–Crippen LogP) is 1.75. The lowest BCUT2D eigenvalue weighted by Gasteiger charge is -2.40. The molecule has 3 rings (SSSR count). The Morgan fingerprint density at radius 2 is 2.04 bits per heavy atom. The van der Waals surface area contributed by atoms with Crippen LogP contribution in [0.1, 0.15) is 30.4 Å². The summed E-state index contributed by atoms with van der Waals surface area (Å²) in [5.41, 5.74) is 8.52. The second-order valence-corrected chi connectivity index (χ2v) is 6.21. The maximum absolute atomic E-state index is 11.8. The van der Waals surface area contributed by atoms with Crippen LogP contribution < -0.4 is 16.2 Å². The van der Waals surface area contributed by atoms with Gasteiger partial charge in [0.15, 0.2) is 0 Å². The molecule has 1 aliphatic rings. The molecule has 2 heterocycles. The van der Waals surface area contributed by atoms with Crippen LogP contribution >= 0.6 is 0 Å². The van der Waals surface area contributed by atoms with Gasteiger partial charge in [-0.1, -0.05) is 18.2 Å². The minimum absolute atomic E-state index is 0.0181. The van der Waals surface area contributed by atoms with Crippen LogP contribution in [0, 0.1) is 0 Å². The molecule has 2 aromatic rings. The minimum atomic E-state index is -0.280. The van der Waals surface area contributed by atoms with Gasteiger partial charge in [0.05, 0.1) is 5.92 Å². The second kappa shape index (κ2) is 5.91. The normalized spacial score (nSPS) is 20.2. The summed E-state index contributed by atoms with van der Waals surface area (Å²) >= 11 is 0. The van der Waals surface area contributed by atoms with Crippen LogP contribution in [-0.2, 0) is 18.4 Å². The van der Waals surface area contributed by atoms with Crippen LogP contribution in [0.2, 0.25) is 0 Å². The number of carbonyl (C=O) groups excluding carboxylic acids is 1. The summed E-state index contributed by atoms with van der Waals surface area (Å²) in [7, 11) is 1.74. The van der Waals surface area contributed by atoms with Crippen molar-refractivity contribution in [2.24, 2.45) is 12.8 Å². The number of pyridine rings is 1. The summed E-state index contributed by atoms with van der Waals surface area (Å²) in [4.78, 5) is 25.8. The third kappa shape index (κ3) is 2.86. The number of para-hydroxylation sites is 1. The van der Waals surface area contributed by atoms with Gasteiger partial charge in [-0.05, 0) is 36.6 Å². The van der Waals surface area contributed by atoms with Crippen molar-refractivity contribution in [1.82, 2.24) is 4.57 Å². The Hall–Kier alpha value is -2.56. The van der Waals surface area contributed by atoms with Gasteiger partial charge in [-0.2, -0.15) is 0 Å². The number of aromatic nitrogens is 1. The van der Waals surface area contributed by atoms with Crippen LogP contribution in [-0.4, -0.2) is 16.5 Å². The zero-order chi connectivity index (χ0) is 16.6. The average Bonchev–Trinajstić information content (AvgIpc) is 2.53. The summed E-state index contributed by atoms with van der Waals surface area (Å²) in [6.45, 7) is 2.73. The van der Waals surface area contributed by atoms with Crippen molar-refractivity contribution >= 4 is 11.6 Å². The minimum Gasteiger partial charge on any atom is -0.369 e. The fourth-order valence-electron chi connectivity index (χ4n) is 3.27. The van der Waals surface area contributed by atoms with Gasteiger partial charge in [0, 0.05) is 37.6 Å². The molecule has 5 nitrogen and oxygen atoms in total. The maximum Gasteiger partial charge on any atom is 0.250 e. The van der Waals surface area contributed by atoms with E-state index in [1.54, 1.807) is 23.9 Å². The zero-order valence-corrected chi connectivity index (χ0v) is 13.4. The van der Waals surface area contributed by atoms with Crippen molar-refractivity contribution in [3.63, 3.8) is 0 Å². The van der Waals surface area contributed by atoms with Gasteiger partial charge < -0.3 is 15.2 Å². The number of benzene rings is 1. The number of carbonyl (C=O) groups is 1. The number of anilines is 1. The molecule has 0 saturated heterocycles.